The minimum Gasteiger partial charge on any atom is -0.497 e. The SMILES string of the molecule is CCc1nc(CCOc2ccc(OC)cc2)sc1C#N. The number of ether oxygens (including phenoxy) is 2. The zero-order valence-corrected chi connectivity index (χ0v) is 12.4. The van der Waals surface area contributed by atoms with Crippen molar-refractivity contribution >= 4 is 11.3 Å². The van der Waals surface area contributed by atoms with Gasteiger partial charge in [-0.15, -0.1) is 11.3 Å². The molecule has 0 saturated carbocycles. The minimum atomic E-state index is 0.549. The van der Waals surface area contributed by atoms with Crippen LogP contribution >= 0.6 is 11.3 Å². The topological polar surface area (TPSA) is 55.1 Å². The Hall–Kier alpha value is -2.06. The van der Waals surface area contributed by atoms with Gasteiger partial charge in [-0.25, -0.2) is 4.98 Å². The van der Waals surface area contributed by atoms with E-state index in [1.54, 1.807) is 7.11 Å². The van der Waals surface area contributed by atoms with Crippen LogP contribution in [0.5, 0.6) is 11.5 Å². The van der Waals surface area contributed by atoms with Crippen molar-refractivity contribution in [3.05, 3.63) is 39.8 Å². The van der Waals surface area contributed by atoms with Crippen LogP contribution in [0.1, 0.15) is 22.5 Å². The third kappa shape index (κ3) is 3.49. The van der Waals surface area contributed by atoms with Crippen LogP contribution in [-0.4, -0.2) is 18.7 Å². The fraction of sp³-hybridized carbons (Fsp3) is 0.333. The standard InChI is InChI=1S/C15H16N2O2S/c1-3-13-14(10-16)20-15(17-13)8-9-19-12-6-4-11(18-2)5-7-12/h4-7H,3,8-9H2,1-2H3. The van der Waals surface area contributed by atoms with E-state index in [2.05, 4.69) is 11.1 Å². The van der Waals surface area contributed by atoms with Crippen molar-refractivity contribution in [2.75, 3.05) is 13.7 Å². The highest BCUT2D eigenvalue weighted by Crippen LogP contribution is 2.20. The van der Waals surface area contributed by atoms with Gasteiger partial charge in [0.1, 0.15) is 22.4 Å². The fourth-order valence-corrected chi connectivity index (χ4v) is 2.69. The highest BCUT2D eigenvalue weighted by molar-refractivity contribution is 7.12. The van der Waals surface area contributed by atoms with E-state index in [1.165, 1.54) is 11.3 Å². The van der Waals surface area contributed by atoms with Crippen LogP contribution < -0.4 is 9.47 Å². The maximum atomic E-state index is 8.99. The second-order valence-electron chi connectivity index (χ2n) is 4.12. The van der Waals surface area contributed by atoms with Gasteiger partial charge in [-0.3, -0.25) is 0 Å². The van der Waals surface area contributed by atoms with Crippen molar-refractivity contribution in [3.8, 4) is 17.6 Å². The maximum Gasteiger partial charge on any atom is 0.128 e. The molecule has 0 bridgehead atoms. The van der Waals surface area contributed by atoms with Crippen LogP contribution in [-0.2, 0) is 12.8 Å². The van der Waals surface area contributed by atoms with Crippen molar-refractivity contribution in [1.82, 2.24) is 4.98 Å². The first-order chi connectivity index (χ1) is 9.76. The summed E-state index contributed by atoms with van der Waals surface area (Å²) in [6.45, 7) is 2.56. The van der Waals surface area contributed by atoms with Crippen molar-refractivity contribution in [3.63, 3.8) is 0 Å². The monoisotopic (exact) mass is 288 g/mol. The molecular formula is C15H16N2O2S. The number of aryl methyl sites for hydroxylation is 1. The zero-order valence-electron chi connectivity index (χ0n) is 11.5. The van der Waals surface area contributed by atoms with Crippen LogP contribution in [0.2, 0.25) is 0 Å². The van der Waals surface area contributed by atoms with Gasteiger partial charge in [0.25, 0.3) is 0 Å². The van der Waals surface area contributed by atoms with E-state index < -0.39 is 0 Å². The van der Waals surface area contributed by atoms with Crippen molar-refractivity contribution in [2.45, 2.75) is 19.8 Å². The number of nitrogens with zero attached hydrogens (tertiary/aromatic N) is 2. The highest BCUT2D eigenvalue weighted by atomic mass is 32.1. The molecule has 0 spiro atoms. The molecule has 0 amide bonds. The van der Waals surface area contributed by atoms with E-state index in [0.717, 1.165) is 28.6 Å². The molecule has 20 heavy (non-hydrogen) atoms. The summed E-state index contributed by atoms with van der Waals surface area (Å²) in [5.74, 6) is 1.61. The summed E-state index contributed by atoms with van der Waals surface area (Å²) in [5, 5.41) is 9.94. The van der Waals surface area contributed by atoms with Crippen LogP contribution in [0.3, 0.4) is 0 Å². The molecule has 1 aromatic heterocycles. The highest BCUT2D eigenvalue weighted by Gasteiger charge is 2.09. The van der Waals surface area contributed by atoms with Crippen LogP contribution in [0.4, 0.5) is 0 Å². The molecule has 5 heteroatoms. The third-order valence-corrected chi connectivity index (χ3v) is 3.88. The van der Waals surface area contributed by atoms with Gasteiger partial charge in [0.05, 0.1) is 24.4 Å². The predicted molar refractivity (Wildman–Crippen MR) is 78.4 cm³/mol. The fourth-order valence-electron chi connectivity index (χ4n) is 1.76. The maximum absolute atomic E-state index is 8.99. The Morgan fingerprint density at radius 2 is 1.95 bits per heavy atom. The van der Waals surface area contributed by atoms with Crippen molar-refractivity contribution in [1.29, 1.82) is 5.26 Å². The van der Waals surface area contributed by atoms with Gasteiger partial charge in [0.15, 0.2) is 0 Å². The predicted octanol–water partition coefficient (Wildman–Crippen LogP) is 3.21. The lowest BCUT2D eigenvalue weighted by Crippen LogP contribution is -2.01. The molecule has 0 aliphatic rings. The van der Waals surface area contributed by atoms with Crippen molar-refractivity contribution < 1.29 is 9.47 Å². The quantitative estimate of drug-likeness (QED) is 0.819. The smallest absolute Gasteiger partial charge is 0.128 e. The number of benzene rings is 1. The lowest BCUT2D eigenvalue weighted by molar-refractivity contribution is 0.321. The number of hydrogen-bond donors (Lipinski definition) is 0. The Balaban J connectivity index is 1.89. The van der Waals surface area contributed by atoms with Gasteiger partial charge < -0.3 is 9.47 Å². The Kier molecular flexibility index (Phi) is 4.97. The van der Waals surface area contributed by atoms with Gasteiger partial charge >= 0.3 is 0 Å². The molecule has 0 radical (unpaired) electrons. The van der Waals surface area contributed by atoms with E-state index in [-0.39, 0.29) is 0 Å². The molecule has 2 aromatic rings. The number of thiazole rings is 1. The van der Waals surface area contributed by atoms with Crippen LogP contribution in [0.15, 0.2) is 24.3 Å². The lowest BCUT2D eigenvalue weighted by Gasteiger charge is -2.05. The van der Waals surface area contributed by atoms with Crippen LogP contribution in [0, 0.1) is 11.3 Å². The molecule has 4 nitrogen and oxygen atoms in total. The summed E-state index contributed by atoms with van der Waals surface area (Å²) in [7, 11) is 1.64. The molecule has 2 rings (SSSR count). The molecule has 1 aromatic carbocycles. The summed E-state index contributed by atoms with van der Waals surface area (Å²) in [5.41, 5.74) is 0.886. The largest absolute Gasteiger partial charge is 0.497 e. The van der Waals surface area contributed by atoms with Gasteiger partial charge in [-0.1, -0.05) is 6.92 Å². The third-order valence-electron chi connectivity index (χ3n) is 2.82. The summed E-state index contributed by atoms with van der Waals surface area (Å²) in [4.78, 5) is 5.17. The van der Waals surface area contributed by atoms with E-state index in [0.29, 0.717) is 17.9 Å². The minimum absolute atomic E-state index is 0.549. The average Bonchev–Trinajstić information content (AvgIpc) is 2.90. The molecule has 0 aliphatic carbocycles. The van der Waals surface area contributed by atoms with E-state index in [9.17, 15) is 0 Å². The molecule has 1 heterocycles. The molecule has 0 N–H and O–H groups in total. The Morgan fingerprint density at radius 1 is 1.25 bits per heavy atom. The molecule has 0 unspecified atom stereocenters. The first-order valence-corrected chi connectivity index (χ1v) is 7.24. The van der Waals surface area contributed by atoms with Crippen LogP contribution in [0.25, 0.3) is 0 Å². The number of hydrogen-bond acceptors (Lipinski definition) is 5. The lowest BCUT2D eigenvalue weighted by atomic mass is 10.3. The van der Waals surface area contributed by atoms with Gasteiger partial charge in [-0.2, -0.15) is 5.26 Å². The van der Waals surface area contributed by atoms with Gasteiger partial charge in [-0.05, 0) is 30.7 Å². The summed E-state index contributed by atoms with van der Waals surface area (Å²) >= 11 is 1.45. The van der Waals surface area contributed by atoms with E-state index in [1.807, 2.05) is 31.2 Å². The van der Waals surface area contributed by atoms with Gasteiger partial charge in [0.2, 0.25) is 0 Å². The Bertz CT molecular complexity index is 599. The number of aromatic nitrogens is 1. The molecule has 0 saturated heterocycles. The number of methoxy groups -OCH3 is 1. The molecule has 0 fully saturated rings. The summed E-state index contributed by atoms with van der Waals surface area (Å²) < 4.78 is 10.7. The van der Waals surface area contributed by atoms with Gasteiger partial charge in [0, 0.05) is 6.42 Å². The normalized spacial score (nSPS) is 10.1. The first-order valence-electron chi connectivity index (χ1n) is 6.42. The first kappa shape index (κ1) is 14.4. The zero-order chi connectivity index (χ0) is 14.4. The second kappa shape index (κ2) is 6.92. The number of rotatable bonds is 6. The molecule has 104 valence electrons. The summed E-state index contributed by atoms with van der Waals surface area (Å²) in [6, 6.07) is 9.66. The Labute approximate surface area is 122 Å². The molecular weight excluding hydrogens is 272 g/mol. The van der Waals surface area contributed by atoms with Crippen molar-refractivity contribution in [2.24, 2.45) is 0 Å². The number of nitriles is 1. The molecule has 0 aliphatic heterocycles. The van der Waals surface area contributed by atoms with E-state index >= 15 is 0 Å². The van der Waals surface area contributed by atoms with E-state index in [4.69, 9.17) is 14.7 Å². The second-order valence-corrected chi connectivity index (χ2v) is 5.21. The summed E-state index contributed by atoms with van der Waals surface area (Å²) in [6.07, 6.45) is 1.50. The average molecular weight is 288 g/mol. The Morgan fingerprint density at radius 3 is 2.50 bits per heavy atom. The molecule has 0 atom stereocenters.